The van der Waals surface area contributed by atoms with Crippen LogP contribution in [0.5, 0.6) is 0 Å². The fraction of sp³-hybridized carbons (Fsp3) is 0.462. The van der Waals surface area contributed by atoms with Gasteiger partial charge in [-0.15, -0.1) is 0 Å². The molecule has 106 valence electrons. The topological polar surface area (TPSA) is 63.3 Å². The Balaban J connectivity index is 3.08. The number of carbonyl (C=O) groups is 1. The van der Waals surface area contributed by atoms with E-state index in [2.05, 4.69) is 0 Å². The lowest BCUT2D eigenvalue weighted by Gasteiger charge is -2.30. The van der Waals surface area contributed by atoms with E-state index < -0.39 is 29.2 Å². The Morgan fingerprint density at radius 3 is 2.05 bits per heavy atom. The zero-order valence-corrected chi connectivity index (χ0v) is 10.7. The molecule has 0 aliphatic rings. The van der Waals surface area contributed by atoms with Gasteiger partial charge in [-0.2, -0.15) is 13.2 Å². The highest BCUT2D eigenvalue weighted by Gasteiger charge is 2.32. The first kappa shape index (κ1) is 15.5. The largest absolute Gasteiger partial charge is 0.481 e. The summed E-state index contributed by atoms with van der Waals surface area (Å²) in [6.07, 6.45) is -4.63. The Hall–Kier alpha value is -1.56. The molecule has 0 amide bonds. The van der Waals surface area contributed by atoms with Crippen LogP contribution in [0.4, 0.5) is 13.2 Å². The predicted octanol–water partition coefficient (Wildman–Crippen LogP) is 3.00. The maximum atomic E-state index is 12.4. The average Bonchev–Trinajstić information content (AvgIpc) is 2.23. The van der Waals surface area contributed by atoms with Crippen molar-refractivity contribution in [2.24, 2.45) is 5.73 Å². The molecule has 0 aliphatic carbocycles. The van der Waals surface area contributed by atoms with Crippen LogP contribution >= 0.6 is 0 Å². The van der Waals surface area contributed by atoms with Gasteiger partial charge in [-0.25, -0.2) is 0 Å². The predicted molar refractivity (Wildman–Crippen MR) is 64.7 cm³/mol. The Morgan fingerprint density at radius 1 is 1.26 bits per heavy atom. The second kappa shape index (κ2) is 5.21. The van der Waals surface area contributed by atoms with Crippen molar-refractivity contribution in [2.75, 3.05) is 0 Å². The highest BCUT2D eigenvalue weighted by molar-refractivity contribution is 5.68. The summed E-state index contributed by atoms with van der Waals surface area (Å²) in [5, 5.41) is 8.86. The van der Waals surface area contributed by atoms with Crippen molar-refractivity contribution in [3.63, 3.8) is 0 Å². The Bertz CT molecular complexity index is 446. The molecule has 1 aromatic carbocycles. The smallest absolute Gasteiger partial charge is 0.416 e. The van der Waals surface area contributed by atoms with Crippen molar-refractivity contribution in [3.05, 3.63) is 35.4 Å². The number of aliphatic carboxylic acids is 1. The minimum atomic E-state index is -4.40. The summed E-state index contributed by atoms with van der Waals surface area (Å²) in [4.78, 5) is 10.8. The molecule has 0 spiro atoms. The molecule has 0 fully saturated rings. The fourth-order valence-corrected chi connectivity index (χ4v) is 1.89. The van der Waals surface area contributed by atoms with Crippen molar-refractivity contribution in [2.45, 2.75) is 37.9 Å². The van der Waals surface area contributed by atoms with Crippen LogP contribution in [0.2, 0.25) is 0 Å². The molecule has 1 aromatic rings. The molecule has 3 nitrogen and oxygen atoms in total. The summed E-state index contributed by atoms with van der Waals surface area (Å²) in [7, 11) is 0. The minimum Gasteiger partial charge on any atom is -0.481 e. The van der Waals surface area contributed by atoms with E-state index in [1.54, 1.807) is 13.8 Å². The Labute approximate surface area is 109 Å². The first-order valence-electron chi connectivity index (χ1n) is 5.69. The molecule has 19 heavy (non-hydrogen) atoms. The molecule has 1 atom stereocenters. The third-order valence-electron chi connectivity index (χ3n) is 2.92. The molecule has 0 saturated carbocycles. The van der Waals surface area contributed by atoms with E-state index >= 15 is 0 Å². The van der Waals surface area contributed by atoms with Gasteiger partial charge in [0.2, 0.25) is 0 Å². The summed E-state index contributed by atoms with van der Waals surface area (Å²) < 4.78 is 37.3. The second-order valence-electron chi connectivity index (χ2n) is 5.09. The summed E-state index contributed by atoms with van der Waals surface area (Å²) in [5.41, 5.74) is 4.79. The average molecular weight is 275 g/mol. The molecule has 0 bridgehead atoms. The lowest BCUT2D eigenvalue weighted by Crippen LogP contribution is -2.40. The van der Waals surface area contributed by atoms with Crippen LogP contribution in [0.15, 0.2) is 24.3 Å². The number of nitrogens with two attached hydrogens (primary N) is 1. The van der Waals surface area contributed by atoms with Gasteiger partial charge in [0.25, 0.3) is 0 Å². The van der Waals surface area contributed by atoms with Crippen LogP contribution < -0.4 is 5.73 Å². The Morgan fingerprint density at radius 2 is 1.74 bits per heavy atom. The van der Waals surface area contributed by atoms with Crippen molar-refractivity contribution in [1.29, 1.82) is 0 Å². The maximum Gasteiger partial charge on any atom is 0.416 e. The zero-order chi connectivity index (χ0) is 14.8. The molecule has 0 heterocycles. The van der Waals surface area contributed by atoms with E-state index in [0.717, 1.165) is 12.1 Å². The van der Waals surface area contributed by atoms with E-state index in [0.29, 0.717) is 5.56 Å². The molecular weight excluding hydrogens is 259 g/mol. The van der Waals surface area contributed by atoms with Gasteiger partial charge in [-0.1, -0.05) is 12.1 Å². The van der Waals surface area contributed by atoms with Gasteiger partial charge in [-0.3, -0.25) is 4.79 Å². The first-order valence-corrected chi connectivity index (χ1v) is 5.69. The number of carboxylic acids is 1. The van der Waals surface area contributed by atoms with Crippen LogP contribution in [0.1, 0.15) is 37.3 Å². The number of alkyl halides is 3. The highest BCUT2D eigenvalue weighted by Crippen LogP contribution is 2.33. The van der Waals surface area contributed by atoms with Crippen LogP contribution in [0.3, 0.4) is 0 Å². The number of hydrogen-bond donors (Lipinski definition) is 2. The lowest BCUT2D eigenvalue weighted by atomic mass is 9.80. The summed E-state index contributed by atoms with van der Waals surface area (Å²) in [6.45, 7) is 3.30. The monoisotopic (exact) mass is 275 g/mol. The van der Waals surface area contributed by atoms with Gasteiger partial charge in [-0.05, 0) is 31.5 Å². The van der Waals surface area contributed by atoms with Crippen molar-refractivity contribution < 1.29 is 23.1 Å². The van der Waals surface area contributed by atoms with Crippen molar-refractivity contribution in [3.8, 4) is 0 Å². The number of carboxylic acid groups (broad SMARTS) is 1. The van der Waals surface area contributed by atoms with Gasteiger partial charge in [0.1, 0.15) is 0 Å². The maximum absolute atomic E-state index is 12.4. The summed E-state index contributed by atoms with van der Waals surface area (Å²) in [6, 6.07) is 4.45. The third kappa shape index (κ3) is 4.24. The van der Waals surface area contributed by atoms with E-state index in [-0.39, 0.29) is 6.42 Å². The van der Waals surface area contributed by atoms with E-state index in [9.17, 15) is 18.0 Å². The van der Waals surface area contributed by atoms with Crippen LogP contribution in [-0.2, 0) is 11.0 Å². The number of hydrogen-bond acceptors (Lipinski definition) is 2. The fourth-order valence-electron chi connectivity index (χ4n) is 1.89. The molecule has 0 aromatic heterocycles. The van der Waals surface area contributed by atoms with Gasteiger partial charge >= 0.3 is 12.1 Å². The quantitative estimate of drug-likeness (QED) is 0.887. The minimum absolute atomic E-state index is 0.227. The van der Waals surface area contributed by atoms with Gasteiger partial charge < -0.3 is 10.8 Å². The van der Waals surface area contributed by atoms with E-state index in [1.165, 1.54) is 12.1 Å². The molecule has 0 radical (unpaired) electrons. The summed E-state index contributed by atoms with van der Waals surface area (Å²) >= 11 is 0. The number of halogens is 3. The molecule has 0 aliphatic heterocycles. The van der Waals surface area contributed by atoms with Gasteiger partial charge in [0.05, 0.1) is 12.0 Å². The van der Waals surface area contributed by atoms with Crippen molar-refractivity contribution >= 4 is 5.97 Å². The third-order valence-corrected chi connectivity index (χ3v) is 2.92. The Kier molecular flexibility index (Phi) is 4.25. The summed E-state index contributed by atoms with van der Waals surface area (Å²) in [5.74, 6) is -1.59. The highest BCUT2D eigenvalue weighted by atomic mass is 19.4. The lowest BCUT2D eigenvalue weighted by molar-refractivity contribution is -0.138. The van der Waals surface area contributed by atoms with Gasteiger partial charge in [0.15, 0.2) is 0 Å². The van der Waals surface area contributed by atoms with Crippen LogP contribution in [-0.4, -0.2) is 16.6 Å². The first-order chi connectivity index (χ1) is 8.51. The van der Waals surface area contributed by atoms with Crippen LogP contribution in [0, 0.1) is 0 Å². The number of benzene rings is 1. The van der Waals surface area contributed by atoms with Crippen molar-refractivity contribution in [1.82, 2.24) is 0 Å². The van der Waals surface area contributed by atoms with E-state index in [4.69, 9.17) is 10.8 Å². The van der Waals surface area contributed by atoms with E-state index in [1.807, 2.05) is 0 Å². The SMILES string of the molecule is CC(C)(N)C(CC(=O)O)c1ccc(C(F)(F)F)cc1. The normalized spacial score (nSPS) is 14.2. The van der Waals surface area contributed by atoms with Gasteiger partial charge in [0, 0.05) is 11.5 Å². The standard InChI is InChI=1S/C13H16F3NO2/c1-12(2,17)10(7-11(18)19)8-3-5-9(6-4-8)13(14,15)16/h3-6,10H,7,17H2,1-2H3,(H,18,19). The second-order valence-corrected chi connectivity index (χ2v) is 5.09. The van der Waals surface area contributed by atoms with Crippen LogP contribution in [0.25, 0.3) is 0 Å². The molecule has 0 saturated heterocycles. The number of rotatable bonds is 4. The molecule has 6 heteroatoms. The zero-order valence-electron chi connectivity index (χ0n) is 10.7. The molecule has 1 rings (SSSR count). The molecular formula is C13H16F3NO2. The molecule has 1 unspecified atom stereocenters. The molecule has 3 N–H and O–H groups in total.